The number of hydroxylamine groups is 2. The first-order chi connectivity index (χ1) is 13.1. The van der Waals surface area contributed by atoms with Crippen molar-refractivity contribution in [1.29, 1.82) is 0 Å². The second-order valence-corrected chi connectivity index (χ2v) is 6.81. The fourth-order valence-corrected chi connectivity index (χ4v) is 2.63. The molecule has 0 aromatic heterocycles. The number of rotatable bonds is 19. The van der Waals surface area contributed by atoms with Crippen molar-refractivity contribution in [3.05, 3.63) is 55.8 Å². The summed E-state index contributed by atoms with van der Waals surface area (Å²) >= 11 is -0.689. The van der Waals surface area contributed by atoms with Gasteiger partial charge in [0.1, 0.15) is 0 Å². The van der Waals surface area contributed by atoms with Crippen LogP contribution >= 0.6 is 0 Å². The number of carbonyl (C=O) groups is 1. The molecule has 0 rings (SSSR count). The minimum absolute atomic E-state index is 0.140. The van der Waals surface area contributed by atoms with Gasteiger partial charge in [0.05, 0.1) is 0 Å². The van der Waals surface area contributed by atoms with Crippen LogP contribution in [0, 0.1) is 5.21 Å². The van der Waals surface area contributed by atoms with Crippen molar-refractivity contribution in [2.75, 3.05) is 31.2 Å². The summed E-state index contributed by atoms with van der Waals surface area (Å²) in [4.78, 5) is 16.6. The van der Waals surface area contributed by atoms with E-state index in [1.54, 1.807) is 18.2 Å². The Morgan fingerprint density at radius 2 is 1.70 bits per heavy atom. The number of carbonyl (C=O) groups excluding carboxylic acids is 1. The van der Waals surface area contributed by atoms with Crippen molar-refractivity contribution in [1.82, 2.24) is 5.23 Å². The monoisotopic (exact) mass is 497 g/mol. The molecule has 0 aromatic rings. The van der Waals surface area contributed by atoms with Crippen LogP contribution in [0.3, 0.4) is 0 Å². The number of alkyl halides is 1. The molecule has 0 radical (unpaired) electrons. The third-order valence-corrected chi connectivity index (χ3v) is 4.36. The molecule has 0 amide bonds. The van der Waals surface area contributed by atoms with Crippen molar-refractivity contribution in [3.63, 3.8) is 0 Å². The SMILES string of the molecule is C=CCC(C=C)OC(=O)COC[I-]OCCOCN([O-])OC(C=C)CC=C. The summed E-state index contributed by atoms with van der Waals surface area (Å²) in [6.45, 7) is 14.5. The van der Waals surface area contributed by atoms with E-state index in [1.165, 1.54) is 6.08 Å². The van der Waals surface area contributed by atoms with Crippen LogP contribution in [0.2, 0.25) is 0 Å². The van der Waals surface area contributed by atoms with Gasteiger partial charge < -0.3 is 0 Å². The number of hydrogen-bond acceptors (Lipinski definition) is 8. The number of halogens is 1. The Bertz CT molecular complexity index is 447. The molecule has 0 aliphatic heterocycles. The third-order valence-electron chi connectivity index (χ3n) is 2.78. The Labute approximate surface area is 171 Å². The molecule has 0 saturated heterocycles. The maximum absolute atomic E-state index is 11.5. The molecule has 0 aromatic carbocycles. The van der Waals surface area contributed by atoms with Gasteiger partial charge in [-0.2, -0.15) is 0 Å². The molecule has 2 atom stereocenters. The van der Waals surface area contributed by atoms with E-state index in [-0.39, 0.29) is 26.0 Å². The summed E-state index contributed by atoms with van der Waals surface area (Å²) in [5, 5.41) is 11.8. The Hall–Kier alpha value is -1.08. The summed E-state index contributed by atoms with van der Waals surface area (Å²) in [5.74, 6) is -0.459. The number of ether oxygens (including phenoxy) is 3. The molecule has 0 saturated carbocycles. The number of nitrogens with zero attached hydrogens (tertiary/aromatic N) is 1. The third kappa shape index (κ3) is 15.7. The van der Waals surface area contributed by atoms with Gasteiger partial charge in [0.2, 0.25) is 0 Å². The molecule has 0 heterocycles. The molecule has 0 spiro atoms. The van der Waals surface area contributed by atoms with Gasteiger partial charge in [0.15, 0.2) is 0 Å². The Kier molecular flexibility index (Phi) is 17.6. The Morgan fingerprint density at radius 1 is 1.04 bits per heavy atom. The van der Waals surface area contributed by atoms with Gasteiger partial charge in [-0.15, -0.1) is 0 Å². The average molecular weight is 497 g/mol. The van der Waals surface area contributed by atoms with Crippen LogP contribution < -0.4 is 21.6 Å². The van der Waals surface area contributed by atoms with Gasteiger partial charge in [-0.25, -0.2) is 0 Å². The summed E-state index contributed by atoms with van der Waals surface area (Å²) in [6, 6.07) is 0. The second kappa shape index (κ2) is 18.3. The summed E-state index contributed by atoms with van der Waals surface area (Å²) < 4.78 is 21.1. The predicted octanol–water partition coefficient (Wildman–Crippen LogP) is -0.509. The molecular formula is C18H28INO7-2. The standard InChI is InChI=1S/C18H28INO7/c1-5-9-16(7-3)26-18(21)13-24-14-19-25-12-11-23-15-20(22)27-17(8-4)10-6-2/h5-8,16-17H,1-4,9-15H2/q-2. The summed E-state index contributed by atoms with van der Waals surface area (Å²) in [5.41, 5.74) is 0. The van der Waals surface area contributed by atoms with Crippen molar-refractivity contribution < 1.29 is 48.5 Å². The molecule has 0 N–H and O–H groups in total. The topological polar surface area (TPSA) is 89.5 Å². The average Bonchev–Trinajstić information content (AvgIpc) is 2.65. The van der Waals surface area contributed by atoms with Crippen LogP contribution in [0.1, 0.15) is 12.8 Å². The first kappa shape index (κ1) is 25.9. The van der Waals surface area contributed by atoms with Crippen molar-refractivity contribution in [3.8, 4) is 0 Å². The molecule has 0 bridgehead atoms. The van der Waals surface area contributed by atoms with Crippen LogP contribution in [0.4, 0.5) is 0 Å². The first-order valence-corrected chi connectivity index (χ1v) is 10.6. The van der Waals surface area contributed by atoms with Crippen molar-refractivity contribution in [2.24, 2.45) is 0 Å². The van der Waals surface area contributed by atoms with Gasteiger partial charge in [0.25, 0.3) is 0 Å². The van der Waals surface area contributed by atoms with Crippen LogP contribution in [0.25, 0.3) is 0 Å². The van der Waals surface area contributed by atoms with Crippen LogP contribution in [0.5, 0.6) is 0 Å². The quantitative estimate of drug-likeness (QED) is 0.0449. The van der Waals surface area contributed by atoms with Crippen LogP contribution in [-0.4, -0.2) is 54.6 Å². The molecular weight excluding hydrogens is 469 g/mol. The van der Waals surface area contributed by atoms with Gasteiger partial charge in [-0.05, 0) is 0 Å². The zero-order chi connectivity index (χ0) is 20.3. The molecule has 0 fully saturated rings. The predicted molar refractivity (Wildman–Crippen MR) is 97.6 cm³/mol. The van der Waals surface area contributed by atoms with E-state index in [0.717, 1.165) is 0 Å². The maximum atomic E-state index is 11.5. The number of hydrogen-bond donors (Lipinski definition) is 0. The van der Waals surface area contributed by atoms with E-state index in [9.17, 15) is 10.0 Å². The van der Waals surface area contributed by atoms with Gasteiger partial charge >= 0.3 is 172 Å². The molecule has 9 heteroatoms. The van der Waals surface area contributed by atoms with Crippen LogP contribution in [0.15, 0.2) is 50.6 Å². The van der Waals surface area contributed by atoms with E-state index < -0.39 is 33.7 Å². The molecule has 8 nitrogen and oxygen atoms in total. The second-order valence-electron chi connectivity index (χ2n) is 4.94. The zero-order valence-corrected chi connectivity index (χ0v) is 17.6. The molecule has 0 aliphatic rings. The van der Waals surface area contributed by atoms with Crippen molar-refractivity contribution >= 4 is 5.97 Å². The van der Waals surface area contributed by atoms with Crippen molar-refractivity contribution in [2.45, 2.75) is 25.0 Å². The molecule has 2 unspecified atom stereocenters. The molecule has 156 valence electrons. The van der Waals surface area contributed by atoms with E-state index in [2.05, 4.69) is 26.3 Å². The summed E-state index contributed by atoms with van der Waals surface area (Å²) in [6.07, 6.45) is 6.55. The zero-order valence-electron chi connectivity index (χ0n) is 15.4. The Morgan fingerprint density at radius 3 is 2.33 bits per heavy atom. The van der Waals surface area contributed by atoms with Gasteiger partial charge in [-0.3, -0.25) is 0 Å². The normalized spacial score (nSPS) is 13.1. The van der Waals surface area contributed by atoms with E-state index in [1.807, 2.05) is 0 Å². The molecule has 27 heavy (non-hydrogen) atoms. The van der Waals surface area contributed by atoms with E-state index in [0.29, 0.717) is 29.3 Å². The summed E-state index contributed by atoms with van der Waals surface area (Å²) in [7, 11) is 0. The van der Waals surface area contributed by atoms with E-state index >= 15 is 0 Å². The van der Waals surface area contributed by atoms with E-state index in [4.69, 9.17) is 22.1 Å². The van der Waals surface area contributed by atoms with Gasteiger partial charge in [-0.1, -0.05) is 0 Å². The Balaban J connectivity index is 3.55. The fourth-order valence-electron chi connectivity index (χ4n) is 1.56. The molecule has 0 aliphatic carbocycles. The number of esters is 1. The van der Waals surface area contributed by atoms with Gasteiger partial charge in [0, 0.05) is 0 Å². The fraction of sp³-hybridized carbons (Fsp3) is 0.500. The first-order valence-electron chi connectivity index (χ1n) is 8.21. The minimum atomic E-state index is -0.689. The van der Waals surface area contributed by atoms with Crippen LogP contribution in [-0.2, 0) is 26.9 Å².